The second-order valence-electron chi connectivity index (χ2n) is 3.72. The zero-order valence-electron chi connectivity index (χ0n) is 9.99. The van der Waals surface area contributed by atoms with E-state index >= 15 is 0 Å². The molecule has 0 spiro atoms. The Balaban J connectivity index is 2.20. The van der Waals surface area contributed by atoms with E-state index in [-0.39, 0.29) is 0 Å². The lowest BCUT2D eigenvalue weighted by Gasteiger charge is -2.19. The summed E-state index contributed by atoms with van der Waals surface area (Å²) in [7, 11) is 0. The van der Waals surface area contributed by atoms with Crippen molar-refractivity contribution in [3.8, 4) is 0 Å². The topological polar surface area (TPSA) is 28.4 Å². The molecule has 0 aliphatic rings. The van der Waals surface area contributed by atoms with Crippen molar-refractivity contribution in [1.29, 1.82) is 0 Å². The number of nitrogens with zero attached hydrogens (tertiary/aromatic N) is 1. The van der Waals surface area contributed by atoms with Gasteiger partial charge in [0.2, 0.25) is 0 Å². The molecule has 0 aliphatic carbocycles. The van der Waals surface area contributed by atoms with Crippen LogP contribution in [0.2, 0.25) is 0 Å². The first-order chi connectivity index (χ1) is 7.27. The highest BCUT2D eigenvalue weighted by atomic mass is 16.3. The van der Waals surface area contributed by atoms with Crippen molar-refractivity contribution in [2.45, 2.75) is 26.8 Å². The van der Waals surface area contributed by atoms with Gasteiger partial charge in [0, 0.05) is 13.1 Å². The molecule has 1 atom stereocenters. The maximum atomic E-state index is 5.33. The van der Waals surface area contributed by atoms with Crippen LogP contribution >= 0.6 is 0 Å². The van der Waals surface area contributed by atoms with Crippen LogP contribution in [-0.4, -0.2) is 31.1 Å². The summed E-state index contributed by atoms with van der Waals surface area (Å²) in [6, 6.07) is 4.24. The van der Waals surface area contributed by atoms with Crippen LogP contribution in [0.1, 0.15) is 32.6 Å². The summed E-state index contributed by atoms with van der Waals surface area (Å²) in [6.07, 6.45) is 1.72. The minimum Gasteiger partial charge on any atom is -0.468 e. The summed E-state index contributed by atoms with van der Waals surface area (Å²) in [4.78, 5) is 2.40. The van der Waals surface area contributed by atoms with Crippen LogP contribution in [0.3, 0.4) is 0 Å². The third-order valence-corrected chi connectivity index (χ3v) is 2.74. The normalized spacial score (nSPS) is 13.3. The second kappa shape index (κ2) is 6.64. The van der Waals surface area contributed by atoms with Gasteiger partial charge in [0.05, 0.1) is 12.3 Å². The lowest BCUT2D eigenvalue weighted by molar-refractivity contribution is 0.294. The molecule has 0 amide bonds. The monoisotopic (exact) mass is 210 g/mol. The Kier molecular flexibility index (Phi) is 5.43. The van der Waals surface area contributed by atoms with E-state index in [0.29, 0.717) is 6.04 Å². The van der Waals surface area contributed by atoms with Gasteiger partial charge in [-0.3, -0.25) is 0 Å². The van der Waals surface area contributed by atoms with Crippen LogP contribution in [-0.2, 0) is 0 Å². The maximum absolute atomic E-state index is 5.33. The fourth-order valence-corrected chi connectivity index (χ4v) is 1.62. The van der Waals surface area contributed by atoms with Crippen LogP contribution in [0.15, 0.2) is 22.8 Å². The maximum Gasteiger partial charge on any atom is 0.120 e. The van der Waals surface area contributed by atoms with Crippen molar-refractivity contribution in [2.24, 2.45) is 0 Å². The van der Waals surface area contributed by atoms with Gasteiger partial charge in [0.15, 0.2) is 0 Å². The van der Waals surface area contributed by atoms with E-state index in [9.17, 15) is 0 Å². The molecule has 0 fully saturated rings. The Morgan fingerprint density at radius 2 is 2.13 bits per heavy atom. The summed E-state index contributed by atoms with van der Waals surface area (Å²) in [5, 5.41) is 3.45. The Labute approximate surface area is 92.5 Å². The average Bonchev–Trinajstić information content (AvgIpc) is 2.77. The van der Waals surface area contributed by atoms with Crippen LogP contribution in [0.25, 0.3) is 0 Å². The average molecular weight is 210 g/mol. The Hall–Kier alpha value is -0.800. The zero-order valence-corrected chi connectivity index (χ0v) is 9.99. The molecular formula is C12H22N2O. The molecule has 86 valence electrons. The van der Waals surface area contributed by atoms with Gasteiger partial charge in [-0.25, -0.2) is 0 Å². The van der Waals surface area contributed by atoms with Crippen molar-refractivity contribution < 1.29 is 4.42 Å². The predicted octanol–water partition coefficient (Wildman–Crippen LogP) is 2.27. The summed E-state index contributed by atoms with van der Waals surface area (Å²) >= 11 is 0. The number of hydrogen-bond acceptors (Lipinski definition) is 3. The van der Waals surface area contributed by atoms with Gasteiger partial charge in [-0.2, -0.15) is 0 Å². The molecular weight excluding hydrogens is 188 g/mol. The van der Waals surface area contributed by atoms with Crippen LogP contribution in [0.4, 0.5) is 0 Å². The molecule has 1 rings (SSSR count). The highest BCUT2D eigenvalue weighted by Crippen LogP contribution is 2.11. The molecule has 0 saturated carbocycles. The van der Waals surface area contributed by atoms with E-state index < -0.39 is 0 Å². The van der Waals surface area contributed by atoms with Crippen molar-refractivity contribution in [3.05, 3.63) is 24.2 Å². The van der Waals surface area contributed by atoms with E-state index in [1.807, 2.05) is 12.1 Å². The largest absolute Gasteiger partial charge is 0.468 e. The summed E-state index contributed by atoms with van der Waals surface area (Å²) < 4.78 is 5.33. The molecule has 3 heteroatoms. The molecule has 0 radical (unpaired) electrons. The van der Waals surface area contributed by atoms with Crippen LogP contribution in [0, 0.1) is 0 Å². The molecule has 1 aromatic rings. The van der Waals surface area contributed by atoms with Gasteiger partial charge in [-0.15, -0.1) is 0 Å². The molecule has 1 aromatic heterocycles. The van der Waals surface area contributed by atoms with Gasteiger partial charge in [0.1, 0.15) is 5.76 Å². The van der Waals surface area contributed by atoms with Crippen LogP contribution in [0.5, 0.6) is 0 Å². The van der Waals surface area contributed by atoms with Gasteiger partial charge >= 0.3 is 0 Å². The van der Waals surface area contributed by atoms with E-state index in [1.165, 1.54) is 0 Å². The molecule has 0 aromatic carbocycles. The lowest BCUT2D eigenvalue weighted by atomic mass is 10.2. The predicted molar refractivity (Wildman–Crippen MR) is 62.9 cm³/mol. The molecule has 3 nitrogen and oxygen atoms in total. The molecule has 1 heterocycles. The number of hydrogen-bond donors (Lipinski definition) is 1. The Morgan fingerprint density at radius 3 is 2.67 bits per heavy atom. The SMILES string of the molecule is CCN(CC)CCN[C@@H](C)c1ccco1. The zero-order chi connectivity index (χ0) is 11.1. The smallest absolute Gasteiger partial charge is 0.120 e. The van der Waals surface area contributed by atoms with Gasteiger partial charge in [0.25, 0.3) is 0 Å². The van der Waals surface area contributed by atoms with Crippen molar-refractivity contribution >= 4 is 0 Å². The number of furan rings is 1. The van der Waals surface area contributed by atoms with Gasteiger partial charge < -0.3 is 14.6 Å². The standard InChI is InChI=1S/C12H22N2O/c1-4-14(5-2)9-8-13-11(3)12-7-6-10-15-12/h6-7,10-11,13H,4-5,8-9H2,1-3H3/t11-/m0/s1. The quantitative estimate of drug-likeness (QED) is 0.748. The lowest BCUT2D eigenvalue weighted by Crippen LogP contribution is -2.32. The molecule has 0 aliphatic heterocycles. The van der Waals surface area contributed by atoms with Crippen molar-refractivity contribution in [1.82, 2.24) is 10.2 Å². The van der Waals surface area contributed by atoms with Crippen LogP contribution < -0.4 is 5.32 Å². The summed E-state index contributed by atoms with van der Waals surface area (Å²) in [5.74, 6) is 1.01. The number of nitrogens with one attached hydrogen (secondary N) is 1. The minimum atomic E-state index is 0.301. The van der Waals surface area contributed by atoms with Crippen molar-refractivity contribution in [2.75, 3.05) is 26.2 Å². The number of likely N-dealkylation sites (N-methyl/N-ethyl adjacent to an activating group) is 1. The molecule has 0 saturated heterocycles. The molecule has 15 heavy (non-hydrogen) atoms. The van der Waals surface area contributed by atoms with E-state index in [2.05, 4.69) is 31.0 Å². The number of rotatable bonds is 7. The Morgan fingerprint density at radius 1 is 1.40 bits per heavy atom. The Bertz CT molecular complexity index is 242. The van der Waals surface area contributed by atoms with Crippen molar-refractivity contribution in [3.63, 3.8) is 0 Å². The molecule has 1 N–H and O–H groups in total. The fraction of sp³-hybridized carbons (Fsp3) is 0.667. The van der Waals surface area contributed by atoms with Gasteiger partial charge in [-0.05, 0) is 32.1 Å². The summed E-state index contributed by atoms with van der Waals surface area (Å²) in [5.41, 5.74) is 0. The van der Waals surface area contributed by atoms with E-state index in [0.717, 1.165) is 31.9 Å². The first-order valence-corrected chi connectivity index (χ1v) is 5.77. The first-order valence-electron chi connectivity index (χ1n) is 5.77. The summed E-state index contributed by atoms with van der Waals surface area (Å²) in [6.45, 7) is 10.8. The third kappa shape index (κ3) is 4.06. The molecule has 0 bridgehead atoms. The van der Waals surface area contributed by atoms with Gasteiger partial charge in [-0.1, -0.05) is 13.8 Å². The highest BCUT2D eigenvalue weighted by molar-refractivity contribution is 5.02. The molecule has 0 unspecified atom stereocenters. The van der Waals surface area contributed by atoms with E-state index in [4.69, 9.17) is 4.42 Å². The highest BCUT2D eigenvalue weighted by Gasteiger charge is 2.07. The second-order valence-corrected chi connectivity index (χ2v) is 3.72. The fourth-order valence-electron chi connectivity index (χ4n) is 1.62. The minimum absolute atomic E-state index is 0.301. The van der Waals surface area contributed by atoms with E-state index in [1.54, 1.807) is 6.26 Å². The third-order valence-electron chi connectivity index (χ3n) is 2.74. The first kappa shape index (κ1) is 12.3.